The normalized spacial score (nSPS) is 15.0. The average Bonchev–Trinajstić information content (AvgIpc) is 3.25. The molecule has 0 saturated carbocycles. The van der Waals surface area contributed by atoms with Crippen LogP contribution in [-0.4, -0.2) is 33.2 Å². The third-order valence-corrected chi connectivity index (χ3v) is 7.24. The zero-order valence-electron chi connectivity index (χ0n) is 19.4. The SMILES string of the molecule is Cc1cc(NC(=O)c2c(C)c(C(=O)C(=O)NC3CCc4nc(N)sc4C3)n(C)c2C)ccc1F. The number of ketones is 1. The van der Waals surface area contributed by atoms with E-state index in [2.05, 4.69) is 15.6 Å². The van der Waals surface area contributed by atoms with E-state index in [4.69, 9.17) is 5.73 Å². The molecule has 1 aliphatic carbocycles. The first-order valence-corrected chi connectivity index (χ1v) is 11.7. The van der Waals surface area contributed by atoms with Crippen molar-refractivity contribution in [1.82, 2.24) is 14.9 Å². The van der Waals surface area contributed by atoms with Gasteiger partial charge in [-0.05, 0) is 62.9 Å². The summed E-state index contributed by atoms with van der Waals surface area (Å²) in [4.78, 5) is 44.3. The minimum Gasteiger partial charge on any atom is -0.375 e. The molecule has 1 unspecified atom stereocenters. The van der Waals surface area contributed by atoms with Gasteiger partial charge in [0.25, 0.3) is 17.6 Å². The molecule has 1 aliphatic rings. The second kappa shape index (κ2) is 9.02. The number of nitrogen functional groups attached to an aromatic ring is 1. The molecule has 0 aliphatic heterocycles. The van der Waals surface area contributed by atoms with Crippen molar-refractivity contribution in [2.75, 3.05) is 11.1 Å². The summed E-state index contributed by atoms with van der Waals surface area (Å²) in [5.41, 5.74) is 9.02. The van der Waals surface area contributed by atoms with E-state index in [1.807, 2.05) is 0 Å². The number of nitrogens with one attached hydrogen (secondary N) is 2. The Morgan fingerprint density at radius 2 is 1.97 bits per heavy atom. The number of nitrogens with two attached hydrogens (primary N) is 1. The highest BCUT2D eigenvalue weighted by atomic mass is 32.1. The highest BCUT2D eigenvalue weighted by Gasteiger charge is 2.31. The van der Waals surface area contributed by atoms with Crippen LogP contribution < -0.4 is 16.4 Å². The van der Waals surface area contributed by atoms with Crippen molar-refractivity contribution in [2.24, 2.45) is 7.05 Å². The number of halogens is 1. The van der Waals surface area contributed by atoms with Crippen LogP contribution in [0.1, 0.15) is 54.7 Å². The summed E-state index contributed by atoms with van der Waals surface area (Å²) < 4.78 is 15.1. The molecule has 4 rings (SSSR count). The topological polar surface area (TPSA) is 119 Å². The second-order valence-electron chi connectivity index (χ2n) is 8.58. The molecule has 10 heteroatoms. The lowest BCUT2D eigenvalue weighted by atomic mass is 9.97. The van der Waals surface area contributed by atoms with Crippen LogP contribution >= 0.6 is 11.3 Å². The average molecular weight is 484 g/mol. The lowest BCUT2D eigenvalue weighted by Gasteiger charge is -2.22. The van der Waals surface area contributed by atoms with Gasteiger partial charge in [0.15, 0.2) is 5.13 Å². The number of fused-ring (bicyclic) bond motifs is 1. The number of thiazole rings is 1. The van der Waals surface area contributed by atoms with Gasteiger partial charge < -0.3 is 20.9 Å². The standard InChI is InChI=1S/C24H26FN5O3S/c1-11-9-14(5-7-16(11)25)27-22(32)19-12(2)20(30(4)13(19)3)21(31)23(33)28-15-6-8-17-18(10-15)34-24(26)29-17/h5,7,9,15H,6,8,10H2,1-4H3,(H2,26,29)(H,27,32)(H,28,33). The van der Waals surface area contributed by atoms with Gasteiger partial charge in [0.2, 0.25) is 0 Å². The van der Waals surface area contributed by atoms with Crippen molar-refractivity contribution >= 4 is 39.8 Å². The number of benzene rings is 1. The second-order valence-corrected chi connectivity index (χ2v) is 9.69. The molecular weight excluding hydrogens is 457 g/mol. The van der Waals surface area contributed by atoms with E-state index >= 15 is 0 Å². The largest absolute Gasteiger partial charge is 0.375 e. The fourth-order valence-electron chi connectivity index (χ4n) is 4.43. The Morgan fingerprint density at radius 3 is 2.68 bits per heavy atom. The summed E-state index contributed by atoms with van der Waals surface area (Å²) in [5, 5.41) is 6.08. The van der Waals surface area contributed by atoms with Gasteiger partial charge in [0.1, 0.15) is 5.82 Å². The van der Waals surface area contributed by atoms with Crippen LogP contribution in [0, 0.1) is 26.6 Å². The number of Topliss-reactive ketones (excluding diaryl/α,β-unsaturated/α-hetero) is 1. The van der Waals surface area contributed by atoms with E-state index in [1.54, 1.807) is 32.4 Å². The summed E-state index contributed by atoms with van der Waals surface area (Å²) in [6.45, 7) is 4.96. The van der Waals surface area contributed by atoms with Gasteiger partial charge in [-0.25, -0.2) is 9.37 Å². The molecule has 1 atom stereocenters. The van der Waals surface area contributed by atoms with Crippen LogP contribution in [0.15, 0.2) is 18.2 Å². The fraction of sp³-hybridized carbons (Fsp3) is 0.333. The number of hydrogen-bond donors (Lipinski definition) is 3. The zero-order valence-corrected chi connectivity index (χ0v) is 20.2. The highest BCUT2D eigenvalue weighted by Crippen LogP contribution is 2.28. The van der Waals surface area contributed by atoms with Gasteiger partial charge in [-0.3, -0.25) is 14.4 Å². The first-order chi connectivity index (χ1) is 16.1. The molecule has 0 saturated heterocycles. The van der Waals surface area contributed by atoms with Crippen LogP contribution in [0.4, 0.5) is 15.2 Å². The fourth-order valence-corrected chi connectivity index (χ4v) is 5.38. The van der Waals surface area contributed by atoms with Crippen molar-refractivity contribution in [3.63, 3.8) is 0 Å². The summed E-state index contributed by atoms with van der Waals surface area (Å²) in [5.74, 6) is -2.21. The number of hydrogen-bond acceptors (Lipinski definition) is 6. The summed E-state index contributed by atoms with van der Waals surface area (Å²) in [7, 11) is 1.65. The van der Waals surface area contributed by atoms with Gasteiger partial charge >= 0.3 is 0 Å². The van der Waals surface area contributed by atoms with E-state index in [0.29, 0.717) is 52.5 Å². The molecule has 2 aromatic heterocycles. The number of rotatable bonds is 5. The van der Waals surface area contributed by atoms with Crippen LogP contribution in [0.2, 0.25) is 0 Å². The predicted octanol–water partition coefficient (Wildman–Crippen LogP) is 3.24. The summed E-state index contributed by atoms with van der Waals surface area (Å²) >= 11 is 1.40. The summed E-state index contributed by atoms with van der Waals surface area (Å²) in [6, 6.07) is 4.10. The number of aryl methyl sites for hydroxylation is 2. The molecule has 4 N–H and O–H groups in total. The van der Waals surface area contributed by atoms with E-state index in [0.717, 1.165) is 10.6 Å². The Kier molecular flexibility index (Phi) is 6.26. The Labute approximate surface area is 200 Å². The minimum atomic E-state index is -0.712. The van der Waals surface area contributed by atoms with Crippen LogP contribution in [0.3, 0.4) is 0 Å². The van der Waals surface area contributed by atoms with Crippen molar-refractivity contribution < 1.29 is 18.8 Å². The Balaban J connectivity index is 1.52. The van der Waals surface area contributed by atoms with Crippen LogP contribution in [-0.2, 0) is 24.7 Å². The molecule has 34 heavy (non-hydrogen) atoms. The molecule has 8 nitrogen and oxygen atoms in total. The maximum Gasteiger partial charge on any atom is 0.294 e. The third-order valence-electron chi connectivity index (χ3n) is 6.29. The summed E-state index contributed by atoms with van der Waals surface area (Å²) in [6.07, 6.45) is 1.95. The van der Waals surface area contributed by atoms with Gasteiger partial charge in [0.05, 0.1) is 17.0 Å². The van der Waals surface area contributed by atoms with Crippen molar-refractivity contribution in [3.8, 4) is 0 Å². The number of carbonyl (C=O) groups excluding carboxylic acids is 3. The molecule has 3 aromatic rings. The lowest BCUT2D eigenvalue weighted by Crippen LogP contribution is -2.42. The molecule has 0 radical (unpaired) electrons. The first-order valence-electron chi connectivity index (χ1n) is 10.9. The molecule has 1 aromatic carbocycles. The Hall–Kier alpha value is -3.53. The van der Waals surface area contributed by atoms with E-state index < -0.39 is 17.6 Å². The molecule has 0 spiro atoms. The van der Waals surface area contributed by atoms with E-state index in [-0.39, 0.29) is 17.6 Å². The number of amides is 2. The van der Waals surface area contributed by atoms with Crippen molar-refractivity contribution in [2.45, 2.75) is 46.1 Å². The predicted molar refractivity (Wildman–Crippen MR) is 129 cm³/mol. The van der Waals surface area contributed by atoms with Crippen LogP contribution in [0.5, 0.6) is 0 Å². The molecule has 178 valence electrons. The number of anilines is 2. The Bertz CT molecular complexity index is 1330. The van der Waals surface area contributed by atoms with E-state index in [1.165, 1.54) is 29.5 Å². The number of nitrogens with zero attached hydrogens (tertiary/aromatic N) is 2. The monoisotopic (exact) mass is 483 g/mol. The van der Waals surface area contributed by atoms with Crippen molar-refractivity contribution in [1.29, 1.82) is 0 Å². The zero-order chi connectivity index (χ0) is 24.7. The molecule has 0 bridgehead atoms. The molecule has 2 heterocycles. The van der Waals surface area contributed by atoms with Gasteiger partial charge in [0, 0.05) is 35.8 Å². The lowest BCUT2D eigenvalue weighted by molar-refractivity contribution is -0.117. The van der Waals surface area contributed by atoms with Crippen LogP contribution in [0.25, 0.3) is 0 Å². The Morgan fingerprint density at radius 1 is 1.24 bits per heavy atom. The van der Waals surface area contributed by atoms with E-state index in [9.17, 15) is 18.8 Å². The van der Waals surface area contributed by atoms with Gasteiger partial charge in [-0.15, -0.1) is 11.3 Å². The first kappa shape index (κ1) is 23.6. The number of aromatic nitrogens is 2. The number of carbonyl (C=O) groups is 3. The highest BCUT2D eigenvalue weighted by molar-refractivity contribution is 7.15. The maximum atomic E-state index is 13.6. The molecular formula is C24H26FN5O3S. The maximum absolute atomic E-state index is 13.6. The third kappa shape index (κ3) is 4.33. The van der Waals surface area contributed by atoms with Gasteiger partial charge in [-0.1, -0.05) is 0 Å². The minimum absolute atomic E-state index is 0.161. The van der Waals surface area contributed by atoms with Gasteiger partial charge in [-0.2, -0.15) is 0 Å². The van der Waals surface area contributed by atoms with Crippen molar-refractivity contribution in [3.05, 3.63) is 62.7 Å². The molecule has 0 fully saturated rings. The quantitative estimate of drug-likeness (QED) is 0.380. The molecule has 2 amide bonds. The smallest absolute Gasteiger partial charge is 0.294 e.